The Balaban J connectivity index is 0.000000159. The van der Waals surface area contributed by atoms with Crippen LogP contribution < -0.4 is 14.8 Å². The molecule has 1 aromatic carbocycles. The third kappa shape index (κ3) is 6.00. The molecule has 3 aromatic rings. The predicted molar refractivity (Wildman–Crippen MR) is 172 cm³/mol. The van der Waals surface area contributed by atoms with Crippen molar-refractivity contribution in [3.63, 3.8) is 0 Å². The second-order valence-electron chi connectivity index (χ2n) is 12.5. The van der Waals surface area contributed by atoms with E-state index in [0.29, 0.717) is 29.5 Å². The summed E-state index contributed by atoms with van der Waals surface area (Å²) in [4.78, 5) is 33.1. The summed E-state index contributed by atoms with van der Waals surface area (Å²) >= 11 is 0. The van der Waals surface area contributed by atoms with Gasteiger partial charge in [0, 0.05) is 23.4 Å². The van der Waals surface area contributed by atoms with Crippen LogP contribution in [0.25, 0.3) is 0 Å². The summed E-state index contributed by atoms with van der Waals surface area (Å²) in [5.74, 6) is 4.35. The van der Waals surface area contributed by atoms with Crippen molar-refractivity contribution in [2.24, 2.45) is 33.4 Å². The lowest BCUT2D eigenvalue weighted by atomic mass is 9.56. The molecule has 2 bridgehead atoms. The van der Waals surface area contributed by atoms with Crippen LogP contribution in [0.1, 0.15) is 70.8 Å². The lowest BCUT2D eigenvalue weighted by Crippen LogP contribution is -2.42. The Labute approximate surface area is 259 Å². The number of nitrogens with zero attached hydrogens (tertiary/aromatic N) is 6. The minimum Gasteiger partial charge on any atom is -0.496 e. The molecular weight excluding hydrogens is 552 g/mol. The molecule has 9 nitrogen and oxygen atoms in total. The zero-order valence-electron chi connectivity index (χ0n) is 25.7. The Morgan fingerprint density at radius 1 is 0.795 bits per heavy atom. The molecule has 2 aliphatic heterocycles. The number of aromatic nitrogens is 2. The Kier molecular flexibility index (Phi) is 8.55. The maximum Gasteiger partial charge on any atom is 0.254 e. The third-order valence-corrected chi connectivity index (χ3v) is 9.49. The van der Waals surface area contributed by atoms with Crippen molar-refractivity contribution in [2.45, 2.75) is 65.2 Å². The lowest BCUT2D eigenvalue weighted by molar-refractivity contribution is -0.117. The Hall–Kier alpha value is -4.40. The largest absolute Gasteiger partial charge is 0.496 e. The molecule has 7 rings (SSSR count). The maximum atomic E-state index is 12.6. The van der Waals surface area contributed by atoms with Gasteiger partial charge in [-0.3, -0.25) is 9.59 Å². The summed E-state index contributed by atoms with van der Waals surface area (Å²) in [7, 11) is 1.60. The summed E-state index contributed by atoms with van der Waals surface area (Å²) in [6, 6.07) is 18.5. The zero-order valence-corrected chi connectivity index (χ0v) is 25.7. The molecule has 2 fully saturated rings. The smallest absolute Gasteiger partial charge is 0.254 e. The number of fused-ring (bicyclic) bond motifs is 2. The van der Waals surface area contributed by atoms with E-state index in [1.165, 1.54) is 42.1 Å². The van der Waals surface area contributed by atoms with E-state index in [4.69, 9.17) is 9.84 Å². The Bertz CT molecular complexity index is 1540. The molecule has 2 unspecified atom stereocenters. The number of carbonyl (C=O) groups excluding carboxylic acids is 2. The Morgan fingerprint density at radius 3 is 1.98 bits per heavy atom. The van der Waals surface area contributed by atoms with Gasteiger partial charge in [0.15, 0.2) is 11.6 Å². The van der Waals surface area contributed by atoms with Gasteiger partial charge in [-0.05, 0) is 92.7 Å². The van der Waals surface area contributed by atoms with E-state index in [1.54, 1.807) is 31.6 Å². The highest BCUT2D eigenvalue weighted by atomic mass is 16.5. The summed E-state index contributed by atoms with van der Waals surface area (Å²) < 4.78 is 5.31. The molecule has 0 N–H and O–H groups in total. The van der Waals surface area contributed by atoms with E-state index in [9.17, 15) is 9.59 Å². The van der Waals surface area contributed by atoms with Crippen LogP contribution in [0.3, 0.4) is 0 Å². The monoisotopic (exact) mass is 592 g/mol. The molecule has 2 aromatic heterocycles. The summed E-state index contributed by atoms with van der Waals surface area (Å²) in [6.45, 7) is 4.68. The van der Waals surface area contributed by atoms with Crippen LogP contribution in [0, 0.1) is 23.2 Å². The number of amides is 2. The fraction of sp³-hybridized carbons (Fsp3) is 0.429. The molecule has 0 spiro atoms. The van der Waals surface area contributed by atoms with E-state index in [0.717, 1.165) is 35.4 Å². The van der Waals surface area contributed by atoms with E-state index in [2.05, 4.69) is 28.9 Å². The van der Waals surface area contributed by atoms with Gasteiger partial charge in [0.05, 0.1) is 31.4 Å². The number of anilines is 2. The summed E-state index contributed by atoms with van der Waals surface area (Å²) in [5.41, 5.74) is 2.78. The van der Waals surface area contributed by atoms with Crippen molar-refractivity contribution < 1.29 is 14.3 Å². The number of benzene rings is 1. The van der Waals surface area contributed by atoms with E-state index in [-0.39, 0.29) is 23.7 Å². The van der Waals surface area contributed by atoms with Crippen molar-refractivity contribution in [2.75, 3.05) is 17.1 Å². The fourth-order valence-corrected chi connectivity index (χ4v) is 7.65. The second kappa shape index (κ2) is 12.7. The quantitative estimate of drug-likeness (QED) is 0.319. The molecule has 4 heterocycles. The van der Waals surface area contributed by atoms with Gasteiger partial charge in [0.1, 0.15) is 5.75 Å². The molecule has 0 radical (unpaired) electrons. The number of carbonyl (C=O) groups is 2. The van der Waals surface area contributed by atoms with Gasteiger partial charge in [-0.2, -0.15) is 20.2 Å². The van der Waals surface area contributed by atoms with Crippen LogP contribution in [0.4, 0.5) is 11.6 Å². The number of methoxy groups -OCH3 is 1. The van der Waals surface area contributed by atoms with Crippen molar-refractivity contribution >= 4 is 34.9 Å². The Morgan fingerprint density at radius 2 is 1.39 bits per heavy atom. The van der Waals surface area contributed by atoms with Crippen molar-refractivity contribution in [1.82, 2.24) is 9.97 Å². The van der Waals surface area contributed by atoms with Gasteiger partial charge in [-0.15, -0.1) is 0 Å². The van der Waals surface area contributed by atoms with Gasteiger partial charge in [-0.1, -0.05) is 38.1 Å². The molecule has 2 saturated carbocycles. The minimum absolute atomic E-state index is 0.0700. The molecule has 4 aliphatic rings. The normalized spacial score (nSPS) is 26.1. The summed E-state index contributed by atoms with van der Waals surface area (Å²) in [5, 5.41) is 12.0. The van der Waals surface area contributed by atoms with Crippen LogP contribution in [0.5, 0.6) is 5.75 Å². The fourth-order valence-electron chi connectivity index (χ4n) is 7.65. The first-order valence-electron chi connectivity index (χ1n) is 15.7. The highest BCUT2D eigenvalue weighted by molar-refractivity contribution is 6.20. The van der Waals surface area contributed by atoms with Gasteiger partial charge in [0.25, 0.3) is 11.8 Å². The zero-order chi connectivity index (χ0) is 30.7. The van der Waals surface area contributed by atoms with E-state index >= 15 is 0 Å². The molecule has 228 valence electrons. The molecule has 0 saturated heterocycles. The maximum absolute atomic E-state index is 12.6. The van der Waals surface area contributed by atoms with Gasteiger partial charge in [0.2, 0.25) is 0 Å². The number of hydrogen-bond donors (Lipinski definition) is 0. The molecule has 2 aliphatic carbocycles. The highest BCUT2D eigenvalue weighted by Crippen LogP contribution is 2.53. The first kappa shape index (κ1) is 29.7. The number of para-hydroxylation sites is 1. The average molecular weight is 593 g/mol. The van der Waals surface area contributed by atoms with Crippen molar-refractivity contribution in [3.8, 4) is 5.75 Å². The van der Waals surface area contributed by atoms with Crippen LogP contribution in [-0.4, -0.2) is 40.3 Å². The first-order chi connectivity index (χ1) is 21.4. The average Bonchev–Trinajstić information content (AvgIpc) is 3.64. The minimum atomic E-state index is -0.0930. The van der Waals surface area contributed by atoms with Gasteiger partial charge in [-0.25, -0.2) is 9.97 Å². The third-order valence-electron chi connectivity index (χ3n) is 9.49. The SMILES string of the molecule is CCC1(C2=NN(c3ccccn3)C(=O)C2)CC2CC(C)CC(C2)C1.COc1ccccc1C1=NN(c2ccccn2)C(=O)C1. The van der Waals surface area contributed by atoms with Crippen molar-refractivity contribution in [1.29, 1.82) is 0 Å². The number of hydrogen-bond acceptors (Lipinski definition) is 7. The standard InChI is InChI=1S/C20H27N3O.C15H13N3O2/c1-3-20(12-15-8-14(2)9-16(10-15)13-20)17-11-19(24)23(22-17)18-6-4-5-7-21-18;1-20-13-7-3-2-6-11(13)12-10-15(19)18(17-12)14-8-4-5-9-16-14/h4-7,14-16H,3,8-13H2,1-2H3;2-9H,10H2,1H3. The number of hydrazone groups is 2. The predicted octanol–water partition coefficient (Wildman–Crippen LogP) is 6.65. The van der Waals surface area contributed by atoms with E-state index in [1.807, 2.05) is 48.5 Å². The van der Waals surface area contributed by atoms with Gasteiger partial charge < -0.3 is 4.74 Å². The van der Waals surface area contributed by atoms with Gasteiger partial charge >= 0.3 is 0 Å². The number of pyridine rings is 2. The first-order valence-corrected chi connectivity index (χ1v) is 15.7. The molecular formula is C35H40N6O3. The van der Waals surface area contributed by atoms with E-state index < -0.39 is 0 Å². The lowest BCUT2D eigenvalue weighted by Gasteiger charge is -2.48. The van der Waals surface area contributed by atoms with Crippen molar-refractivity contribution in [3.05, 3.63) is 78.6 Å². The second-order valence-corrected chi connectivity index (χ2v) is 12.5. The number of rotatable bonds is 6. The highest BCUT2D eigenvalue weighted by Gasteiger charge is 2.48. The van der Waals surface area contributed by atoms with Crippen LogP contribution >= 0.6 is 0 Å². The van der Waals surface area contributed by atoms with Crippen LogP contribution in [0.2, 0.25) is 0 Å². The molecule has 44 heavy (non-hydrogen) atoms. The van der Waals surface area contributed by atoms with Crippen LogP contribution in [-0.2, 0) is 9.59 Å². The topological polar surface area (TPSA) is 100 Å². The molecule has 2 atom stereocenters. The molecule has 2 amide bonds. The molecule has 9 heteroatoms. The van der Waals surface area contributed by atoms with Crippen LogP contribution in [0.15, 0.2) is 83.3 Å². The summed E-state index contributed by atoms with van der Waals surface area (Å²) in [6.07, 6.45) is 11.7. The number of ether oxygens (including phenoxy) is 1.